The van der Waals surface area contributed by atoms with Crippen molar-refractivity contribution in [2.24, 2.45) is 4.99 Å². The number of benzene rings is 3. The standard InChI is InChI=1S/C34H31N3O5S/c1-5-36-25-15-11-10-14-24(25)26(31(36)38)30-32(39)37-29(22-16-18-23(19-17-22)42-20(3)4)27(33(40)41-6-2)28(35-34(37)43-30)21-12-8-7-9-13-21/h7-20,29H,5-6H2,1-4H3/b30-26-/t29-/m0/s1. The quantitative estimate of drug-likeness (QED) is 0.295. The van der Waals surface area contributed by atoms with E-state index in [0.717, 1.165) is 22.6 Å². The van der Waals surface area contributed by atoms with Crippen molar-refractivity contribution in [3.63, 3.8) is 0 Å². The lowest BCUT2D eigenvalue weighted by Crippen LogP contribution is -2.41. The number of carbonyl (C=O) groups is 2. The maximum atomic E-state index is 14.4. The summed E-state index contributed by atoms with van der Waals surface area (Å²) < 4.78 is 13.2. The molecule has 0 saturated heterocycles. The lowest BCUT2D eigenvalue weighted by atomic mass is 9.93. The normalized spacial score (nSPS) is 17.1. The van der Waals surface area contributed by atoms with Crippen LogP contribution in [-0.2, 0) is 14.3 Å². The number of likely N-dealkylation sites (N-methyl/N-ethyl adjacent to an activating group) is 1. The molecule has 0 aliphatic carbocycles. The van der Waals surface area contributed by atoms with Crippen molar-refractivity contribution in [2.45, 2.75) is 39.8 Å². The summed E-state index contributed by atoms with van der Waals surface area (Å²) in [7, 11) is 0. The highest BCUT2D eigenvalue weighted by atomic mass is 32.1. The van der Waals surface area contributed by atoms with E-state index in [2.05, 4.69) is 0 Å². The van der Waals surface area contributed by atoms with Gasteiger partial charge in [-0.2, -0.15) is 0 Å². The van der Waals surface area contributed by atoms with Gasteiger partial charge in [0.05, 0.1) is 41.3 Å². The van der Waals surface area contributed by atoms with Gasteiger partial charge < -0.3 is 14.4 Å². The highest BCUT2D eigenvalue weighted by Crippen LogP contribution is 2.37. The van der Waals surface area contributed by atoms with Gasteiger partial charge in [-0.25, -0.2) is 9.79 Å². The molecule has 8 nitrogen and oxygen atoms in total. The van der Waals surface area contributed by atoms with Gasteiger partial charge in [0, 0.05) is 17.7 Å². The van der Waals surface area contributed by atoms with E-state index in [-0.39, 0.29) is 34.3 Å². The number of anilines is 1. The van der Waals surface area contributed by atoms with Crippen molar-refractivity contribution in [1.82, 2.24) is 4.57 Å². The highest BCUT2D eigenvalue weighted by Gasteiger charge is 2.38. The average Bonchev–Trinajstić information content (AvgIpc) is 3.48. The van der Waals surface area contributed by atoms with Gasteiger partial charge in [0.2, 0.25) is 0 Å². The fraction of sp³-hybridized carbons (Fsp3) is 0.235. The van der Waals surface area contributed by atoms with Crippen LogP contribution in [0.4, 0.5) is 5.69 Å². The maximum absolute atomic E-state index is 14.4. The van der Waals surface area contributed by atoms with Crippen LogP contribution in [0, 0.1) is 0 Å². The van der Waals surface area contributed by atoms with Gasteiger partial charge >= 0.3 is 5.97 Å². The molecule has 3 heterocycles. The van der Waals surface area contributed by atoms with Crippen LogP contribution in [0.3, 0.4) is 0 Å². The summed E-state index contributed by atoms with van der Waals surface area (Å²) in [4.78, 5) is 48.8. The minimum Gasteiger partial charge on any atom is -0.491 e. The maximum Gasteiger partial charge on any atom is 0.338 e. The molecule has 1 aromatic heterocycles. The number of fused-ring (bicyclic) bond motifs is 2. The van der Waals surface area contributed by atoms with E-state index in [0.29, 0.717) is 39.5 Å². The number of rotatable bonds is 7. The van der Waals surface area contributed by atoms with Crippen molar-refractivity contribution in [3.05, 3.63) is 121 Å². The molecule has 1 atom stereocenters. The molecular weight excluding hydrogens is 562 g/mol. The molecule has 3 aromatic carbocycles. The van der Waals surface area contributed by atoms with Crippen LogP contribution in [0.2, 0.25) is 0 Å². The van der Waals surface area contributed by atoms with Gasteiger partial charge in [0.1, 0.15) is 10.3 Å². The zero-order valence-corrected chi connectivity index (χ0v) is 25.2. The van der Waals surface area contributed by atoms with Crippen LogP contribution in [0.5, 0.6) is 5.75 Å². The van der Waals surface area contributed by atoms with Gasteiger partial charge in [-0.05, 0) is 51.5 Å². The van der Waals surface area contributed by atoms with Crippen molar-refractivity contribution < 1.29 is 19.1 Å². The minimum atomic E-state index is -0.845. The van der Waals surface area contributed by atoms with Crippen LogP contribution in [0.25, 0.3) is 11.3 Å². The molecule has 6 rings (SSSR count). The first-order valence-electron chi connectivity index (χ1n) is 14.3. The second-order valence-electron chi connectivity index (χ2n) is 10.4. The number of aromatic nitrogens is 1. The smallest absolute Gasteiger partial charge is 0.338 e. The number of carbonyl (C=O) groups excluding carboxylic acids is 2. The molecule has 218 valence electrons. The molecule has 1 amide bonds. The third-order valence-electron chi connectivity index (χ3n) is 7.38. The van der Waals surface area contributed by atoms with Crippen molar-refractivity contribution in [3.8, 4) is 5.75 Å². The van der Waals surface area contributed by atoms with Gasteiger partial charge in [-0.1, -0.05) is 72.0 Å². The van der Waals surface area contributed by atoms with E-state index in [1.807, 2.05) is 99.6 Å². The molecule has 4 aromatic rings. The summed E-state index contributed by atoms with van der Waals surface area (Å²) in [5.41, 5.74) is 3.53. The number of hydrogen-bond acceptors (Lipinski definition) is 7. The monoisotopic (exact) mass is 593 g/mol. The Labute approximate surface area is 252 Å². The van der Waals surface area contributed by atoms with Crippen LogP contribution in [-0.4, -0.2) is 35.7 Å². The number of ether oxygens (including phenoxy) is 2. The molecule has 0 radical (unpaired) electrons. The summed E-state index contributed by atoms with van der Waals surface area (Å²) >= 11 is 1.16. The fourth-order valence-electron chi connectivity index (χ4n) is 5.62. The Morgan fingerprint density at radius 2 is 1.65 bits per heavy atom. The number of esters is 1. The predicted octanol–water partition coefficient (Wildman–Crippen LogP) is 4.46. The Bertz CT molecular complexity index is 1940. The zero-order valence-electron chi connectivity index (χ0n) is 24.4. The zero-order chi connectivity index (χ0) is 30.2. The number of thiazole rings is 1. The molecule has 43 heavy (non-hydrogen) atoms. The third-order valence-corrected chi connectivity index (χ3v) is 8.44. The highest BCUT2D eigenvalue weighted by molar-refractivity contribution is 7.07. The topological polar surface area (TPSA) is 90.2 Å². The van der Waals surface area contributed by atoms with Gasteiger partial charge in [-0.3, -0.25) is 14.2 Å². The Hall–Kier alpha value is -4.76. The van der Waals surface area contributed by atoms with Crippen LogP contribution < -0.4 is 24.5 Å². The van der Waals surface area contributed by atoms with Gasteiger partial charge in [0.25, 0.3) is 11.5 Å². The van der Waals surface area contributed by atoms with E-state index in [1.54, 1.807) is 11.8 Å². The Kier molecular flexibility index (Phi) is 7.58. The van der Waals surface area contributed by atoms with E-state index in [4.69, 9.17) is 14.5 Å². The Morgan fingerprint density at radius 3 is 2.33 bits per heavy atom. The Balaban J connectivity index is 1.67. The van der Waals surface area contributed by atoms with E-state index < -0.39 is 12.0 Å². The second-order valence-corrected chi connectivity index (χ2v) is 11.4. The molecule has 0 bridgehead atoms. The van der Waals surface area contributed by atoms with Gasteiger partial charge in [0.15, 0.2) is 4.80 Å². The molecule has 2 aliphatic heterocycles. The number of para-hydroxylation sites is 1. The molecule has 0 saturated carbocycles. The SMILES string of the molecule is CCOC(=O)C1=C(c2ccccc2)N=c2s/c(=C3\C(=O)N(CC)c4ccccc43)c(=O)n2[C@H]1c1ccc(OC(C)C)cc1. The number of hydrogen-bond donors (Lipinski definition) is 0. The molecule has 0 fully saturated rings. The lowest BCUT2D eigenvalue weighted by Gasteiger charge is -2.26. The minimum absolute atomic E-state index is 0.0146. The first-order chi connectivity index (χ1) is 20.8. The first-order valence-corrected chi connectivity index (χ1v) is 15.1. The Morgan fingerprint density at radius 1 is 0.953 bits per heavy atom. The lowest BCUT2D eigenvalue weighted by molar-refractivity contribution is -0.138. The van der Waals surface area contributed by atoms with Crippen LogP contribution >= 0.6 is 11.3 Å². The van der Waals surface area contributed by atoms with Crippen LogP contribution in [0.15, 0.2) is 94.2 Å². The molecule has 0 unspecified atom stereocenters. The first kappa shape index (κ1) is 28.4. The summed E-state index contributed by atoms with van der Waals surface area (Å²) in [6.07, 6.45) is -0.0146. The van der Waals surface area contributed by atoms with Crippen molar-refractivity contribution in [2.75, 3.05) is 18.1 Å². The van der Waals surface area contributed by atoms with E-state index in [9.17, 15) is 14.4 Å². The average molecular weight is 594 g/mol. The largest absolute Gasteiger partial charge is 0.491 e. The summed E-state index contributed by atoms with van der Waals surface area (Å²) in [6, 6.07) is 23.4. The fourth-order valence-corrected chi connectivity index (χ4v) is 6.71. The van der Waals surface area contributed by atoms with Crippen molar-refractivity contribution in [1.29, 1.82) is 0 Å². The van der Waals surface area contributed by atoms with Gasteiger partial charge in [-0.15, -0.1) is 0 Å². The van der Waals surface area contributed by atoms with Crippen molar-refractivity contribution >= 4 is 40.2 Å². The molecule has 0 spiro atoms. The van der Waals surface area contributed by atoms with E-state index >= 15 is 0 Å². The summed E-state index contributed by atoms with van der Waals surface area (Å²) in [5.74, 6) is -0.116. The summed E-state index contributed by atoms with van der Waals surface area (Å²) in [6.45, 7) is 8.17. The second kappa shape index (κ2) is 11.5. The van der Waals surface area contributed by atoms with E-state index in [1.165, 1.54) is 4.57 Å². The predicted molar refractivity (Wildman–Crippen MR) is 167 cm³/mol. The molecular formula is C34H31N3O5S. The number of nitrogens with zero attached hydrogens (tertiary/aromatic N) is 3. The van der Waals surface area contributed by atoms with Crippen LogP contribution in [0.1, 0.15) is 50.4 Å². The molecule has 9 heteroatoms. The molecule has 0 N–H and O–H groups in total. The summed E-state index contributed by atoms with van der Waals surface area (Å²) in [5, 5.41) is 0. The molecule has 2 aliphatic rings. The number of amides is 1. The third kappa shape index (κ3) is 4.89.